The van der Waals surface area contributed by atoms with Crippen molar-refractivity contribution in [3.63, 3.8) is 0 Å². The van der Waals surface area contributed by atoms with E-state index < -0.39 is 0 Å². The molecule has 0 spiro atoms. The van der Waals surface area contributed by atoms with E-state index in [0.717, 1.165) is 10.2 Å². The van der Waals surface area contributed by atoms with Crippen molar-refractivity contribution >= 4 is 38.9 Å². The molecule has 0 aliphatic rings. The zero-order valence-electron chi connectivity index (χ0n) is 9.69. The molecule has 0 unspecified atom stereocenters. The van der Waals surface area contributed by atoms with Crippen LogP contribution in [0.25, 0.3) is 0 Å². The molecule has 0 radical (unpaired) electrons. The lowest BCUT2D eigenvalue weighted by Gasteiger charge is -2.11. The molecule has 2 rings (SSSR count). The Morgan fingerprint density at radius 2 is 1.67 bits per heavy atom. The summed E-state index contributed by atoms with van der Waals surface area (Å²) < 4.78 is 1.08. The van der Waals surface area contributed by atoms with Gasteiger partial charge in [-0.3, -0.25) is 0 Å². The van der Waals surface area contributed by atoms with Gasteiger partial charge in [-0.05, 0) is 36.0 Å². The highest BCUT2D eigenvalue weighted by molar-refractivity contribution is 9.10. The summed E-state index contributed by atoms with van der Waals surface area (Å²) in [6.45, 7) is 0.695. The van der Waals surface area contributed by atoms with Gasteiger partial charge in [0, 0.05) is 16.7 Å². The minimum absolute atomic E-state index is 0.622. The van der Waals surface area contributed by atoms with E-state index in [-0.39, 0.29) is 0 Å². The molecule has 4 heteroatoms. The second-order valence-electron chi connectivity index (χ2n) is 3.77. The first-order valence-corrected chi connectivity index (χ1v) is 6.79. The standard InChI is InChI=1S/C14H13BrN2S/c15-13-9-5-4-6-11(13)10-16-14(18)17-12-7-2-1-3-8-12/h1-9H,10H2,(H2,16,17,18). The first-order chi connectivity index (χ1) is 8.75. The SMILES string of the molecule is S=C(NCc1ccccc1Br)Nc1ccccc1. The third-order valence-corrected chi connectivity index (χ3v) is 3.45. The van der Waals surface area contributed by atoms with Gasteiger partial charge >= 0.3 is 0 Å². The Morgan fingerprint density at radius 1 is 1.00 bits per heavy atom. The molecular weight excluding hydrogens is 308 g/mol. The van der Waals surface area contributed by atoms with Gasteiger partial charge < -0.3 is 10.6 Å². The molecule has 0 heterocycles. The Labute approximate surface area is 121 Å². The van der Waals surface area contributed by atoms with Crippen molar-refractivity contribution in [2.75, 3.05) is 5.32 Å². The van der Waals surface area contributed by atoms with Crippen molar-refractivity contribution in [2.45, 2.75) is 6.54 Å². The molecule has 2 aromatic carbocycles. The highest BCUT2D eigenvalue weighted by Gasteiger charge is 2.00. The van der Waals surface area contributed by atoms with Crippen LogP contribution < -0.4 is 10.6 Å². The van der Waals surface area contributed by atoms with Gasteiger partial charge in [-0.1, -0.05) is 52.3 Å². The van der Waals surface area contributed by atoms with E-state index in [9.17, 15) is 0 Å². The Hall–Kier alpha value is -1.39. The third-order valence-electron chi connectivity index (χ3n) is 2.43. The number of hydrogen-bond acceptors (Lipinski definition) is 1. The molecular formula is C14H13BrN2S. The summed E-state index contributed by atoms with van der Waals surface area (Å²) in [6.07, 6.45) is 0. The summed E-state index contributed by atoms with van der Waals surface area (Å²) in [7, 11) is 0. The number of anilines is 1. The normalized spacial score (nSPS) is 9.83. The average Bonchev–Trinajstić information content (AvgIpc) is 2.39. The smallest absolute Gasteiger partial charge is 0.171 e. The van der Waals surface area contributed by atoms with Crippen LogP contribution in [0.2, 0.25) is 0 Å². The van der Waals surface area contributed by atoms with Crippen LogP contribution in [-0.2, 0) is 6.54 Å². The van der Waals surface area contributed by atoms with Crippen molar-refractivity contribution in [1.82, 2.24) is 5.32 Å². The predicted octanol–water partition coefficient (Wildman–Crippen LogP) is 3.94. The second-order valence-corrected chi connectivity index (χ2v) is 5.03. The lowest BCUT2D eigenvalue weighted by Crippen LogP contribution is -2.27. The van der Waals surface area contributed by atoms with E-state index in [1.807, 2.05) is 48.5 Å². The molecule has 0 atom stereocenters. The van der Waals surface area contributed by atoms with Crippen LogP contribution in [0.3, 0.4) is 0 Å². The number of halogens is 1. The molecule has 0 bridgehead atoms. The summed E-state index contributed by atoms with van der Waals surface area (Å²) in [6, 6.07) is 18.0. The van der Waals surface area contributed by atoms with Gasteiger partial charge in [0.1, 0.15) is 0 Å². The number of nitrogens with one attached hydrogen (secondary N) is 2. The first-order valence-electron chi connectivity index (χ1n) is 5.59. The van der Waals surface area contributed by atoms with Crippen LogP contribution in [-0.4, -0.2) is 5.11 Å². The summed E-state index contributed by atoms with van der Waals surface area (Å²) in [4.78, 5) is 0. The molecule has 2 N–H and O–H groups in total. The minimum Gasteiger partial charge on any atom is -0.358 e. The summed E-state index contributed by atoms with van der Waals surface area (Å²) in [5.41, 5.74) is 2.16. The summed E-state index contributed by atoms with van der Waals surface area (Å²) >= 11 is 8.75. The lowest BCUT2D eigenvalue weighted by atomic mass is 10.2. The van der Waals surface area contributed by atoms with Gasteiger partial charge in [0.05, 0.1) is 0 Å². The van der Waals surface area contributed by atoms with Crippen molar-refractivity contribution < 1.29 is 0 Å². The summed E-state index contributed by atoms with van der Waals surface area (Å²) in [5, 5.41) is 6.94. The van der Waals surface area contributed by atoms with Crippen LogP contribution in [0, 0.1) is 0 Å². The molecule has 0 saturated carbocycles. The van der Waals surface area contributed by atoms with Crippen molar-refractivity contribution in [3.8, 4) is 0 Å². The number of benzene rings is 2. The molecule has 92 valence electrons. The Kier molecular flexibility index (Phi) is 4.73. The zero-order valence-corrected chi connectivity index (χ0v) is 12.1. The maximum Gasteiger partial charge on any atom is 0.171 e. The fraction of sp³-hybridized carbons (Fsp3) is 0.0714. The number of hydrogen-bond donors (Lipinski definition) is 2. The van der Waals surface area contributed by atoms with Crippen molar-refractivity contribution in [2.24, 2.45) is 0 Å². The third kappa shape index (κ3) is 3.82. The molecule has 0 fully saturated rings. The van der Waals surface area contributed by atoms with E-state index >= 15 is 0 Å². The van der Waals surface area contributed by atoms with Crippen LogP contribution in [0.1, 0.15) is 5.56 Å². The van der Waals surface area contributed by atoms with Crippen LogP contribution in [0.15, 0.2) is 59.1 Å². The molecule has 2 aromatic rings. The highest BCUT2D eigenvalue weighted by Crippen LogP contribution is 2.15. The van der Waals surface area contributed by atoms with E-state index in [1.54, 1.807) is 0 Å². The Bertz CT molecular complexity index is 528. The zero-order chi connectivity index (χ0) is 12.8. The van der Waals surface area contributed by atoms with Gasteiger partial charge in [0.25, 0.3) is 0 Å². The molecule has 2 nitrogen and oxygen atoms in total. The van der Waals surface area contributed by atoms with Crippen LogP contribution >= 0.6 is 28.1 Å². The lowest BCUT2D eigenvalue weighted by molar-refractivity contribution is 0.920. The number of para-hydroxylation sites is 1. The van der Waals surface area contributed by atoms with Gasteiger partial charge in [0.15, 0.2) is 5.11 Å². The van der Waals surface area contributed by atoms with E-state index in [4.69, 9.17) is 12.2 Å². The molecule has 0 aliphatic heterocycles. The van der Waals surface area contributed by atoms with E-state index in [0.29, 0.717) is 11.7 Å². The van der Waals surface area contributed by atoms with Gasteiger partial charge in [-0.15, -0.1) is 0 Å². The minimum atomic E-state index is 0.622. The number of rotatable bonds is 3. The maximum absolute atomic E-state index is 5.24. The predicted molar refractivity (Wildman–Crippen MR) is 83.6 cm³/mol. The average molecular weight is 321 g/mol. The van der Waals surface area contributed by atoms with E-state index in [1.165, 1.54) is 5.56 Å². The Morgan fingerprint density at radius 3 is 2.39 bits per heavy atom. The topological polar surface area (TPSA) is 24.1 Å². The van der Waals surface area contributed by atoms with Crippen LogP contribution in [0.4, 0.5) is 5.69 Å². The van der Waals surface area contributed by atoms with Crippen molar-refractivity contribution in [1.29, 1.82) is 0 Å². The van der Waals surface area contributed by atoms with Gasteiger partial charge in [-0.25, -0.2) is 0 Å². The fourth-order valence-corrected chi connectivity index (χ4v) is 2.13. The fourth-order valence-electron chi connectivity index (χ4n) is 1.51. The largest absolute Gasteiger partial charge is 0.358 e. The molecule has 0 amide bonds. The van der Waals surface area contributed by atoms with Gasteiger partial charge in [0.2, 0.25) is 0 Å². The summed E-state index contributed by atoms with van der Waals surface area (Å²) in [5.74, 6) is 0. The first kappa shape index (κ1) is 13.1. The monoisotopic (exact) mass is 320 g/mol. The number of thiocarbonyl (C=S) groups is 1. The molecule has 0 aliphatic carbocycles. The second kappa shape index (κ2) is 6.52. The molecule has 0 saturated heterocycles. The Balaban J connectivity index is 1.88. The van der Waals surface area contributed by atoms with Crippen molar-refractivity contribution in [3.05, 3.63) is 64.6 Å². The molecule has 18 heavy (non-hydrogen) atoms. The highest BCUT2D eigenvalue weighted by atomic mass is 79.9. The van der Waals surface area contributed by atoms with Gasteiger partial charge in [-0.2, -0.15) is 0 Å². The molecule has 0 aromatic heterocycles. The maximum atomic E-state index is 5.24. The van der Waals surface area contributed by atoms with E-state index in [2.05, 4.69) is 32.6 Å². The van der Waals surface area contributed by atoms with Crippen LogP contribution in [0.5, 0.6) is 0 Å². The quantitative estimate of drug-likeness (QED) is 0.838.